The maximum Gasteiger partial charge on any atom is 0.362 e. The number of hydrogen-bond acceptors (Lipinski definition) is 8. The molecular formula is C12H5N4O8. The fourth-order valence-electron chi connectivity index (χ4n) is 2.08. The van der Waals surface area contributed by atoms with E-state index in [0.717, 1.165) is 0 Å². The second-order valence-electron chi connectivity index (χ2n) is 4.29. The molecule has 1 radical (unpaired) electrons. The van der Waals surface area contributed by atoms with Crippen LogP contribution in [0.15, 0.2) is 30.3 Å². The first-order chi connectivity index (χ1) is 11.3. The lowest BCUT2D eigenvalue weighted by Gasteiger charge is -2.05. The van der Waals surface area contributed by atoms with E-state index in [9.17, 15) is 40.5 Å². The summed E-state index contributed by atoms with van der Waals surface area (Å²) in [5.41, 5.74) is -6.07. The third-order valence-corrected chi connectivity index (χ3v) is 2.95. The molecule has 0 unspecified atom stereocenters. The molecule has 0 aliphatic carbocycles. The Morgan fingerprint density at radius 3 is 1.42 bits per heavy atom. The van der Waals surface area contributed by atoms with Gasteiger partial charge in [-0.1, -0.05) is 30.3 Å². The van der Waals surface area contributed by atoms with Gasteiger partial charge in [-0.05, 0) is 5.56 Å². The topological polar surface area (TPSA) is 173 Å². The van der Waals surface area contributed by atoms with E-state index >= 15 is 0 Å². The van der Waals surface area contributed by atoms with Crippen molar-refractivity contribution in [3.05, 3.63) is 76.9 Å². The molecule has 0 fully saturated rings. The van der Waals surface area contributed by atoms with Gasteiger partial charge in [0.2, 0.25) is 0 Å². The van der Waals surface area contributed by atoms with Gasteiger partial charge in [-0.15, -0.1) is 0 Å². The minimum atomic E-state index is -1.32. The van der Waals surface area contributed by atoms with Crippen molar-refractivity contribution in [1.29, 1.82) is 0 Å². The van der Waals surface area contributed by atoms with Crippen molar-refractivity contribution in [2.24, 2.45) is 0 Å². The quantitative estimate of drug-likeness (QED) is 0.593. The van der Waals surface area contributed by atoms with Crippen LogP contribution < -0.4 is 0 Å². The number of benzene rings is 2. The smallest absolute Gasteiger partial charge is 0.258 e. The molecule has 0 bridgehead atoms. The van der Waals surface area contributed by atoms with E-state index in [1.54, 1.807) is 6.07 Å². The molecule has 2 rings (SSSR count). The predicted molar refractivity (Wildman–Crippen MR) is 77.3 cm³/mol. The fraction of sp³-hybridized carbons (Fsp3) is 0. The van der Waals surface area contributed by atoms with Crippen LogP contribution in [0.1, 0.15) is 0 Å². The lowest BCUT2D eigenvalue weighted by atomic mass is 9.99. The zero-order valence-corrected chi connectivity index (χ0v) is 11.4. The maximum absolute atomic E-state index is 11.3. The average Bonchev–Trinajstić information content (AvgIpc) is 2.52. The molecular weight excluding hydrogens is 328 g/mol. The largest absolute Gasteiger partial charge is 0.362 e. The van der Waals surface area contributed by atoms with Crippen molar-refractivity contribution >= 4 is 22.7 Å². The molecule has 2 aromatic rings. The van der Waals surface area contributed by atoms with Crippen molar-refractivity contribution in [2.75, 3.05) is 0 Å². The lowest BCUT2D eigenvalue weighted by molar-refractivity contribution is -0.433. The van der Waals surface area contributed by atoms with E-state index in [0.29, 0.717) is 0 Å². The number of nitro benzene ring substituents is 4. The molecule has 121 valence electrons. The van der Waals surface area contributed by atoms with Gasteiger partial charge in [-0.25, -0.2) is 0 Å². The number of nitro groups is 4. The second-order valence-corrected chi connectivity index (χ2v) is 4.29. The van der Waals surface area contributed by atoms with Crippen LogP contribution in [0.5, 0.6) is 0 Å². The second kappa shape index (κ2) is 6.04. The summed E-state index contributed by atoms with van der Waals surface area (Å²) < 4.78 is 0. The lowest BCUT2D eigenvalue weighted by Crippen LogP contribution is -2.06. The number of nitrogens with zero attached hydrogens (tertiary/aromatic N) is 4. The summed E-state index contributed by atoms with van der Waals surface area (Å²) >= 11 is 0. The maximum atomic E-state index is 11.3. The first kappa shape index (κ1) is 16.4. The fourth-order valence-corrected chi connectivity index (χ4v) is 2.08. The molecule has 0 saturated heterocycles. The zero-order chi connectivity index (χ0) is 18.0. The van der Waals surface area contributed by atoms with Crippen molar-refractivity contribution < 1.29 is 19.7 Å². The van der Waals surface area contributed by atoms with E-state index < -0.39 is 48.0 Å². The average molecular weight is 333 g/mol. The van der Waals surface area contributed by atoms with Gasteiger partial charge in [-0.2, -0.15) is 0 Å². The Kier molecular flexibility index (Phi) is 4.13. The molecule has 24 heavy (non-hydrogen) atoms. The summed E-state index contributed by atoms with van der Waals surface area (Å²) in [5, 5.41) is 44.6. The van der Waals surface area contributed by atoms with E-state index in [-0.39, 0.29) is 5.56 Å². The third-order valence-electron chi connectivity index (χ3n) is 2.95. The van der Waals surface area contributed by atoms with E-state index in [4.69, 9.17) is 0 Å². The van der Waals surface area contributed by atoms with Gasteiger partial charge in [0.15, 0.2) is 11.6 Å². The van der Waals surface area contributed by atoms with Crippen LogP contribution in [0, 0.1) is 46.5 Å². The number of rotatable bonds is 5. The SMILES string of the molecule is O=[N+]([O-])c1[c]c([N+](=O)[O-])c([N+](=O)[O-])c(-c2ccccc2)c1[N+](=O)[O-]. The molecule has 0 saturated carbocycles. The van der Waals surface area contributed by atoms with Crippen LogP contribution in [0.2, 0.25) is 0 Å². The molecule has 2 aromatic carbocycles. The standard InChI is InChI=1S/C12H5N4O8/c17-13(18)8-6-9(14(19)20)12(16(23)24)10(11(8)15(21)22)7-4-2-1-3-5-7/h1-5H. The summed E-state index contributed by atoms with van der Waals surface area (Å²) in [6, 6.07) is 8.24. The van der Waals surface area contributed by atoms with Crippen LogP contribution in [-0.2, 0) is 0 Å². The predicted octanol–water partition coefficient (Wildman–Crippen LogP) is 2.79. The van der Waals surface area contributed by atoms with Crippen molar-refractivity contribution in [1.82, 2.24) is 0 Å². The molecule has 0 N–H and O–H groups in total. The monoisotopic (exact) mass is 333 g/mol. The van der Waals surface area contributed by atoms with Gasteiger partial charge in [0.1, 0.15) is 0 Å². The molecule has 0 amide bonds. The molecule has 0 aliphatic heterocycles. The molecule has 12 heteroatoms. The van der Waals surface area contributed by atoms with Crippen molar-refractivity contribution in [2.45, 2.75) is 0 Å². The molecule has 0 atom stereocenters. The van der Waals surface area contributed by atoms with Crippen LogP contribution in [0.4, 0.5) is 22.7 Å². The Labute approximate surface area is 131 Å². The Hall–Kier alpha value is -3.96. The highest BCUT2D eigenvalue weighted by atomic mass is 16.6. The van der Waals surface area contributed by atoms with Crippen LogP contribution in [0.25, 0.3) is 11.1 Å². The van der Waals surface area contributed by atoms with E-state index in [1.807, 2.05) is 0 Å². The van der Waals surface area contributed by atoms with Crippen LogP contribution in [0.3, 0.4) is 0 Å². The highest BCUT2D eigenvalue weighted by molar-refractivity contribution is 5.91. The Morgan fingerprint density at radius 1 is 0.667 bits per heavy atom. The summed E-state index contributed by atoms with van der Waals surface area (Å²) in [7, 11) is 0. The molecule has 0 aromatic heterocycles. The summed E-state index contributed by atoms with van der Waals surface area (Å²) in [5.74, 6) is 0. The van der Waals surface area contributed by atoms with Crippen LogP contribution >= 0.6 is 0 Å². The van der Waals surface area contributed by atoms with Gasteiger partial charge in [0.05, 0.1) is 19.7 Å². The summed E-state index contributed by atoms with van der Waals surface area (Å²) in [6.45, 7) is 0. The zero-order valence-electron chi connectivity index (χ0n) is 11.4. The first-order valence-electron chi connectivity index (χ1n) is 6.02. The number of hydrogen-bond donors (Lipinski definition) is 0. The van der Waals surface area contributed by atoms with Gasteiger partial charge in [-0.3, -0.25) is 40.5 Å². The minimum absolute atomic E-state index is 0.142. The van der Waals surface area contributed by atoms with Crippen LogP contribution in [-0.4, -0.2) is 19.7 Å². The van der Waals surface area contributed by atoms with E-state index in [1.165, 1.54) is 30.3 Å². The highest BCUT2D eigenvalue weighted by Crippen LogP contribution is 2.48. The van der Waals surface area contributed by atoms with Crippen molar-refractivity contribution in [3.63, 3.8) is 0 Å². The third kappa shape index (κ3) is 2.70. The summed E-state index contributed by atoms with van der Waals surface area (Å²) in [4.78, 5) is 39.7. The molecule has 0 spiro atoms. The van der Waals surface area contributed by atoms with Gasteiger partial charge < -0.3 is 0 Å². The molecule has 0 heterocycles. The minimum Gasteiger partial charge on any atom is -0.258 e. The Bertz CT molecular complexity index is 830. The van der Waals surface area contributed by atoms with Gasteiger partial charge in [0, 0.05) is 0 Å². The van der Waals surface area contributed by atoms with Gasteiger partial charge >= 0.3 is 22.7 Å². The molecule has 0 aliphatic rings. The molecule has 12 nitrogen and oxygen atoms in total. The van der Waals surface area contributed by atoms with Gasteiger partial charge in [0.25, 0.3) is 0 Å². The Balaban J connectivity index is 3.11. The normalized spacial score (nSPS) is 10.2. The highest BCUT2D eigenvalue weighted by Gasteiger charge is 2.44. The summed E-state index contributed by atoms with van der Waals surface area (Å²) in [6.07, 6.45) is 0. The first-order valence-corrected chi connectivity index (χ1v) is 6.02. The van der Waals surface area contributed by atoms with E-state index in [2.05, 4.69) is 0 Å². The Morgan fingerprint density at radius 2 is 1.08 bits per heavy atom. The van der Waals surface area contributed by atoms with Crippen molar-refractivity contribution in [3.8, 4) is 11.1 Å².